The summed E-state index contributed by atoms with van der Waals surface area (Å²) in [6.45, 7) is -5.28. The second kappa shape index (κ2) is 13.0. The summed E-state index contributed by atoms with van der Waals surface area (Å²) in [4.78, 5) is 7.58. The van der Waals surface area contributed by atoms with Crippen LogP contribution in [0.25, 0.3) is 10.9 Å². The molecule has 2 aliphatic carbocycles. The van der Waals surface area contributed by atoms with Gasteiger partial charge in [0.2, 0.25) is 0 Å². The van der Waals surface area contributed by atoms with Gasteiger partial charge in [0, 0.05) is 47.0 Å². The van der Waals surface area contributed by atoms with Gasteiger partial charge in [0.15, 0.2) is 0 Å². The molecule has 0 spiro atoms. The number of hydrogen-bond donors (Lipinski definition) is 1. The maximum atomic E-state index is 15.1. The van der Waals surface area contributed by atoms with Crippen molar-refractivity contribution in [2.45, 2.75) is 29.9 Å². The number of pyridine rings is 1. The van der Waals surface area contributed by atoms with E-state index in [0.29, 0.717) is 35.1 Å². The first-order valence-electron chi connectivity index (χ1n) is 15.7. The van der Waals surface area contributed by atoms with Crippen molar-refractivity contribution in [2.75, 3.05) is 39.2 Å². The molecule has 1 saturated heterocycles. The molecule has 0 amide bonds. The van der Waals surface area contributed by atoms with Crippen molar-refractivity contribution in [3.8, 4) is 5.75 Å². The van der Waals surface area contributed by atoms with Crippen LogP contribution in [-0.2, 0) is 0 Å². The van der Waals surface area contributed by atoms with E-state index in [2.05, 4.69) is 9.88 Å². The largest absolute Gasteiger partial charge is 0.490 e. The van der Waals surface area contributed by atoms with Gasteiger partial charge in [0.05, 0.1) is 27.5 Å². The second-order valence-corrected chi connectivity index (χ2v) is 10.3. The normalized spacial score (nSPS) is 26.2. The summed E-state index contributed by atoms with van der Waals surface area (Å²) >= 11 is 0. The van der Waals surface area contributed by atoms with Crippen LogP contribution in [0.5, 0.6) is 5.75 Å². The number of hydrogen-bond acceptors (Lipinski definition) is 5. The van der Waals surface area contributed by atoms with E-state index < -0.39 is 36.9 Å². The summed E-state index contributed by atoms with van der Waals surface area (Å²) in [7, 11) is 0. The monoisotopic (exact) mass is 640 g/mol. The molecule has 4 atom stereocenters. The minimum atomic E-state index is -3.33. The quantitative estimate of drug-likeness (QED) is 0.261. The Hall–Kier alpha value is -2.52. The highest BCUT2D eigenvalue weighted by atomic mass is 35.5. The van der Waals surface area contributed by atoms with E-state index in [1.165, 1.54) is 11.0 Å². The van der Waals surface area contributed by atoms with Gasteiger partial charge in [-0.3, -0.25) is 14.8 Å². The highest BCUT2D eigenvalue weighted by Gasteiger charge is 2.71. The number of fused-ring (bicyclic) bond motifs is 6. The summed E-state index contributed by atoms with van der Waals surface area (Å²) in [6, 6.07) is 22.4. The summed E-state index contributed by atoms with van der Waals surface area (Å²) in [5.41, 5.74) is 3.36. The fourth-order valence-corrected chi connectivity index (χ4v) is 6.28. The fourth-order valence-electron chi connectivity index (χ4n) is 6.28. The van der Waals surface area contributed by atoms with Crippen molar-refractivity contribution in [1.82, 2.24) is 14.8 Å². The molecule has 0 radical (unpaired) electrons. The van der Waals surface area contributed by atoms with E-state index in [0.717, 1.165) is 11.1 Å². The lowest BCUT2D eigenvalue weighted by Gasteiger charge is -2.41. The maximum Gasteiger partial charge on any atom is 0.263 e. The number of alkyl halides is 2. The Bertz CT molecular complexity index is 1690. The maximum absolute atomic E-state index is 15.1. The second-order valence-electron chi connectivity index (χ2n) is 10.3. The lowest BCUT2D eigenvalue weighted by atomic mass is 9.90. The Kier molecular flexibility index (Phi) is 8.03. The van der Waals surface area contributed by atoms with Crippen LogP contribution in [0, 0.1) is 0 Å². The van der Waals surface area contributed by atoms with Crippen molar-refractivity contribution < 1.29 is 25.5 Å². The zero-order chi connectivity index (χ0) is 31.1. The molecule has 1 aromatic heterocycles. The van der Waals surface area contributed by atoms with Gasteiger partial charge in [-0.25, -0.2) is 8.78 Å². The first-order valence-corrected chi connectivity index (χ1v) is 13.2. The molecule has 224 valence electrons. The highest BCUT2D eigenvalue weighted by Crippen LogP contribution is 2.70. The number of β-amino-alcohol motifs (C(OH)–C–C–N with tert-alkyl or cyclic N) is 1. The van der Waals surface area contributed by atoms with Crippen molar-refractivity contribution in [1.29, 1.82) is 0 Å². The number of benzene rings is 3. The Morgan fingerprint density at radius 3 is 2.07 bits per heavy atom. The minimum Gasteiger partial charge on any atom is -0.490 e. The molecule has 1 aliphatic heterocycles. The molecule has 1 saturated carbocycles. The van der Waals surface area contributed by atoms with E-state index in [9.17, 15) is 5.11 Å². The van der Waals surface area contributed by atoms with Gasteiger partial charge in [-0.1, -0.05) is 54.6 Å². The molecule has 42 heavy (non-hydrogen) atoms. The SMILES string of the molecule is Cl.Cl.Cl.[2H]C([2H])(Oc1cccc2ncccc12)C([2H])(O)C([2H])([2H])N1CCN(C2c3ccccc3[C@@H]3[C@H](c4ccccc42)C3(F)F)CC1. The third-order valence-electron chi connectivity index (χ3n) is 8.11. The Morgan fingerprint density at radius 2 is 1.45 bits per heavy atom. The lowest BCUT2D eigenvalue weighted by molar-refractivity contribution is 0.0400. The van der Waals surface area contributed by atoms with Crippen LogP contribution in [0.15, 0.2) is 85.1 Å². The van der Waals surface area contributed by atoms with Gasteiger partial charge in [-0.05, 0) is 46.5 Å². The minimum absolute atomic E-state index is 0. The van der Waals surface area contributed by atoms with Crippen molar-refractivity contribution >= 4 is 48.1 Å². The first-order chi connectivity index (χ1) is 20.9. The molecule has 5 nitrogen and oxygen atoms in total. The van der Waals surface area contributed by atoms with E-state index in [1.807, 2.05) is 24.3 Å². The predicted molar refractivity (Wildman–Crippen MR) is 168 cm³/mol. The van der Waals surface area contributed by atoms with Crippen molar-refractivity contribution in [3.63, 3.8) is 0 Å². The summed E-state index contributed by atoms with van der Waals surface area (Å²) < 4.78 is 78.8. The molecular weight excluding hydrogens is 603 g/mol. The average molecular weight is 642 g/mol. The average Bonchev–Trinajstić information content (AvgIpc) is 3.62. The summed E-state index contributed by atoms with van der Waals surface area (Å²) in [6.07, 6.45) is -1.76. The number of aromatic nitrogens is 1. The molecule has 10 heteroatoms. The number of piperazine rings is 1. The number of ether oxygens (including phenoxy) is 1. The molecule has 4 aromatic rings. The van der Waals surface area contributed by atoms with Crippen LogP contribution in [0.2, 0.25) is 0 Å². The van der Waals surface area contributed by atoms with Crippen molar-refractivity contribution in [3.05, 3.63) is 107 Å². The standard InChI is InChI=1S/C32H31F2N3O2.3ClH/c33-32(34)29-22-7-1-3-9-24(22)31(25-10-4-2-8-23(25)30(29)32)37-17-15-36(16-18-37)19-21(38)20-39-28-13-5-12-27-26(28)11-6-14-35-27;;;/h1-14,21,29-31,38H,15-20H2;3*1H/t21?,29-,30+,31?;;;/i19D2,20D2,21D;;;. The topological polar surface area (TPSA) is 48.8 Å². The van der Waals surface area contributed by atoms with Crippen LogP contribution in [-0.4, -0.2) is 71.1 Å². The van der Waals surface area contributed by atoms with Gasteiger partial charge in [-0.15, -0.1) is 37.2 Å². The first kappa shape index (κ1) is 25.9. The smallest absolute Gasteiger partial charge is 0.263 e. The van der Waals surface area contributed by atoms with Crippen LogP contribution in [0.4, 0.5) is 8.78 Å². The molecule has 2 heterocycles. The Morgan fingerprint density at radius 1 is 0.857 bits per heavy atom. The molecule has 2 unspecified atom stereocenters. The van der Waals surface area contributed by atoms with Crippen LogP contribution in [0.3, 0.4) is 0 Å². The van der Waals surface area contributed by atoms with E-state index in [-0.39, 0.29) is 62.1 Å². The summed E-state index contributed by atoms with van der Waals surface area (Å²) in [5, 5.41) is 11.7. The molecule has 0 bridgehead atoms. The molecule has 3 aliphatic rings. The molecule has 7 rings (SSSR count). The third-order valence-corrected chi connectivity index (χ3v) is 8.11. The van der Waals surface area contributed by atoms with Crippen molar-refractivity contribution in [2.24, 2.45) is 0 Å². The fraction of sp³-hybridized carbons (Fsp3) is 0.344. The zero-order valence-corrected chi connectivity index (χ0v) is 24.8. The Labute approximate surface area is 270 Å². The van der Waals surface area contributed by atoms with Crippen LogP contribution < -0.4 is 4.74 Å². The number of halogens is 5. The number of rotatable bonds is 6. The lowest BCUT2D eigenvalue weighted by Crippen LogP contribution is -2.50. The number of nitrogens with zero attached hydrogens (tertiary/aromatic N) is 3. The van der Waals surface area contributed by atoms with Gasteiger partial charge in [0.25, 0.3) is 5.92 Å². The van der Waals surface area contributed by atoms with E-state index in [4.69, 9.17) is 11.6 Å². The number of aliphatic hydroxyl groups is 1. The zero-order valence-electron chi connectivity index (χ0n) is 27.3. The van der Waals surface area contributed by atoms with Gasteiger partial charge in [-0.2, -0.15) is 0 Å². The Balaban J connectivity index is 0.00000167. The predicted octanol–water partition coefficient (Wildman–Crippen LogP) is 6.48. The highest BCUT2D eigenvalue weighted by molar-refractivity contribution is 5.86. The molecule has 3 aromatic carbocycles. The third kappa shape index (κ3) is 5.71. The van der Waals surface area contributed by atoms with E-state index >= 15 is 8.78 Å². The van der Waals surface area contributed by atoms with Gasteiger partial charge in [0.1, 0.15) is 18.4 Å². The summed E-state index contributed by atoms with van der Waals surface area (Å²) in [5.74, 6) is -4.58. The van der Waals surface area contributed by atoms with Gasteiger partial charge >= 0.3 is 0 Å². The molecule has 1 N–H and O–H groups in total. The van der Waals surface area contributed by atoms with Gasteiger partial charge < -0.3 is 9.84 Å². The van der Waals surface area contributed by atoms with Crippen LogP contribution >= 0.6 is 37.2 Å². The van der Waals surface area contributed by atoms with Crippen LogP contribution in [0.1, 0.15) is 47.0 Å². The molecule has 2 fully saturated rings. The molecular formula is C32H34Cl3F2N3O2. The van der Waals surface area contributed by atoms with E-state index in [1.54, 1.807) is 54.7 Å².